The molecule has 1 aromatic carbocycles. The second kappa shape index (κ2) is 7.49. The number of benzene rings is 1. The number of nitrogens with one attached hydrogen (secondary N) is 1. The topological polar surface area (TPSA) is 51.2 Å². The number of pyridine rings is 1. The summed E-state index contributed by atoms with van der Waals surface area (Å²) in [5, 5.41) is 3.65. The summed E-state index contributed by atoms with van der Waals surface area (Å²) >= 11 is 3.77. The zero-order valence-corrected chi connectivity index (χ0v) is 13.8. The minimum absolute atomic E-state index is 0.0229. The number of rotatable bonds is 5. The third-order valence-corrected chi connectivity index (χ3v) is 3.79. The standard InChI is InChI=1S/C14H13IN2O2S/c1-20-14-7-4-11(8-16-14)17-13(18)9-19-12-5-2-10(15)3-6-12/h2-8H,9H2,1H3,(H,17,18). The predicted molar refractivity (Wildman–Crippen MR) is 89.3 cm³/mol. The number of anilines is 1. The van der Waals surface area contributed by atoms with E-state index in [1.807, 2.05) is 42.7 Å². The average Bonchev–Trinajstić information content (AvgIpc) is 2.47. The van der Waals surface area contributed by atoms with Gasteiger partial charge in [0.25, 0.3) is 5.91 Å². The maximum atomic E-state index is 11.7. The first-order valence-corrected chi connectivity index (χ1v) is 8.16. The summed E-state index contributed by atoms with van der Waals surface area (Å²) in [6.45, 7) is -0.0229. The van der Waals surface area contributed by atoms with E-state index in [1.54, 1.807) is 18.0 Å². The van der Waals surface area contributed by atoms with Gasteiger partial charge < -0.3 is 10.1 Å². The van der Waals surface area contributed by atoms with E-state index < -0.39 is 0 Å². The molecule has 2 rings (SSSR count). The molecule has 0 unspecified atom stereocenters. The number of nitrogens with zero attached hydrogens (tertiary/aromatic N) is 1. The molecule has 1 heterocycles. The van der Waals surface area contributed by atoms with Gasteiger partial charge in [-0.2, -0.15) is 0 Å². The Bertz CT molecular complexity index is 573. The van der Waals surface area contributed by atoms with Crippen molar-refractivity contribution in [2.24, 2.45) is 0 Å². The van der Waals surface area contributed by atoms with Crippen molar-refractivity contribution in [2.45, 2.75) is 5.03 Å². The molecule has 20 heavy (non-hydrogen) atoms. The molecule has 0 radical (unpaired) electrons. The van der Waals surface area contributed by atoms with Gasteiger partial charge in [0, 0.05) is 3.57 Å². The fourth-order valence-electron chi connectivity index (χ4n) is 1.45. The largest absolute Gasteiger partial charge is 0.484 e. The van der Waals surface area contributed by atoms with Crippen molar-refractivity contribution in [3.05, 3.63) is 46.2 Å². The molecule has 0 saturated carbocycles. The Kier molecular flexibility index (Phi) is 5.66. The van der Waals surface area contributed by atoms with Gasteiger partial charge in [-0.25, -0.2) is 4.98 Å². The molecule has 0 aliphatic heterocycles. The average molecular weight is 400 g/mol. The van der Waals surface area contributed by atoms with Gasteiger partial charge in [-0.1, -0.05) is 0 Å². The van der Waals surface area contributed by atoms with Crippen molar-refractivity contribution in [1.82, 2.24) is 4.98 Å². The third kappa shape index (κ3) is 4.68. The van der Waals surface area contributed by atoms with Crippen LogP contribution in [0.2, 0.25) is 0 Å². The fourth-order valence-corrected chi connectivity index (χ4v) is 2.17. The van der Waals surface area contributed by atoms with E-state index in [2.05, 4.69) is 32.9 Å². The second-order valence-electron chi connectivity index (χ2n) is 3.88. The summed E-state index contributed by atoms with van der Waals surface area (Å²) in [6.07, 6.45) is 3.59. The first-order chi connectivity index (χ1) is 9.67. The number of hydrogen-bond donors (Lipinski definition) is 1. The van der Waals surface area contributed by atoms with Crippen molar-refractivity contribution in [3.8, 4) is 5.75 Å². The van der Waals surface area contributed by atoms with Crippen LogP contribution >= 0.6 is 34.4 Å². The quantitative estimate of drug-likeness (QED) is 0.618. The van der Waals surface area contributed by atoms with Gasteiger partial charge in [-0.3, -0.25) is 4.79 Å². The number of aromatic nitrogens is 1. The van der Waals surface area contributed by atoms with E-state index in [9.17, 15) is 4.79 Å². The summed E-state index contributed by atoms with van der Waals surface area (Å²) < 4.78 is 6.52. The maximum Gasteiger partial charge on any atom is 0.262 e. The highest BCUT2D eigenvalue weighted by molar-refractivity contribution is 14.1. The van der Waals surface area contributed by atoms with E-state index in [-0.39, 0.29) is 12.5 Å². The van der Waals surface area contributed by atoms with Gasteiger partial charge >= 0.3 is 0 Å². The van der Waals surface area contributed by atoms with E-state index >= 15 is 0 Å². The first kappa shape index (κ1) is 15.1. The SMILES string of the molecule is CSc1ccc(NC(=O)COc2ccc(I)cc2)cn1. The number of ether oxygens (including phenoxy) is 1. The summed E-state index contributed by atoms with van der Waals surface area (Å²) in [6, 6.07) is 11.2. The summed E-state index contributed by atoms with van der Waals surface area (Å²) in [5.74, 6) is 0.471. The number of thioether (sulfide) groups is 1. The Morgan fingerprint density at radius 3 is 2.65 bits per heavy atom. The van der Waals surface area contributed by atoms with Crippen LogP contribution in [0.15, 0.2) is 47.6 Å². The zero-order chi connectivity index (χ0) is 14.4. The monoisotopic (exact) mass is 400 g/mol. The lowest BCUT2D eigenvalue weighted by Gasteiger charge is -2.07. The van der Waals surface area contributed by atoms with Crippen LogP contribution < -0.4 is 10.1 Å². The van der Waals surface area contributed by atoms with E-state index in [0.717, 1.165) is 8.60 Å². The van der Waals surface area contributed by atoms with Gasteiger partial charge in [0.2, 0.25) is 0 Å². The molecular formula is C14H13IN2O2S. The molecule has 4 nitrogen and oxygen atoms in total. The Morgan fingerprint density at radius 2 is 2.05 bits per heavy atom. The maximum absolute atomic E-state index is 11.7. The molecule has 6 heteroatoms. The Hall–Kier alpha value is -1.28. The number of carbonyl (C=O) groups is 1. The molecule has 0 aliphatic carbocycles. The highest BCUT2D eigenvalue weighted by atomic mass is 127. The number of halogens is 1. The normalized spacial score (nSPS) is 10.1. The summed E-state index contributed by atoms with van der Waals surface area (Å²) in [4.78, 5) is 15.9. The van der Waals surface area contributed by atoms with E-state index in [1.165, 1.54) is 0 Å². The first-order valence-electron chi connectivity index (χ1n) is 5.85. The minimum atomic E-state index is -0.206. The molecular weight excluding hydrogens is 387 g/mol. The minimum Gasteiger partial charge on any atom is -0.484 e. The lowest BCUT2D eigenvalue weighted by molar-refractivity contribution is -0.118. The van der Waals surface area contributed by atoms with Crippen LogP contribution in [-0.2, 0) is 4.79 Å². The van der Waals surface area contributed by atoms with E-state index in [4.69, 9.17) is 4.74 Å². The highest BCUT2D eigenvalue weighted by Gasteiger charge is 2.04. The molecule has 1 amide bonds. The smallest absolute Gasteiger partial charge is 0.262 e. The molecule has 0 atom stereocenters. The fraction of sp³-hybridized carbons (Fsp3) is 0.143. The second-order valence-corrected chi connectivity index (χ2v) is 5.95. The van der Waals surface area contributed by atoms with Crippen molar-refractivity contribution < 1.29 is 9.53 Å². The summed E-state index contributed by atoms with van der Waals surface area (Å²) in [7, 11) is 0. The van der Waals surface area contributed by atoms with Crippen LogP contribution in [0.3, 0.4) is 0 Å². The number of hydrogen-bond acceptors (Lipinski definition) is 4. The zero-order valence-electron chi connectivity index (χ0n) is 10.8. The molecule has 0 aliphatic rings. The van der Waals surface area contributed by atoms with Crippen LogP contribution in [0.5, 0.6) is 5.75 Å². The molecule has 0 bridgehead atoms. The Labute approximate surface area is 135 Å². The Morgan fingerprint density at radius 1 is 1.30 bits per heavy atom. The van der Waals surface area contributed by atoms with Crippen LogP contribution in [0.4, 0.5) is 5.69 Å². The predicted octanol–water partition coefficient (Wildman–Crippen LogP) is 3.43. The Balaban J connectivity index is 1.84. The summed E-state index contributed by atoms with van der Waals surface area (Å²) in [5.41, 5.74) is 0.666. The molecule has 2 aromatic rings. The van der Waals surface area contributed by atoms with Crippen molar-refractivity contribution in [3.63, 3.8) is 0 Å². The van der Waals surface area contributed by atoms with E-state index in [0.29, 0.717) is 11.4 Å². The van der Waals surface area contributed by atoms with Gasteiger partial charge in [-0.15, -0.1) is 11.8 Å². The van der Waals surface area contributed by atoms with Crippen LogP contribution in [-0.4, -0.2) is 23.8 Å². The molecule has 0 spiro atoms. The van der Waals surface area contributed by atoms with Crippen LogP contribution in [0.25, 0.3) is 0 Å². The number of amides is 1. The molecule has 1 N–H and O–H groups in total. The van der Waals surface area contributed by atoms with Crippen molar-refractivity contribution in [2.75, 3.05) is 18.2 Å². The van der Waals surface area contributed by atoms with Gasteiger partial charge in [0.05, 0.1) is 16.9 Å². The van der Waals surface area contributed by atoms with Gasteiger partial charge in [0.15, 0.2) is 6.61 Å². The molecule has 0 saturated heterocycles. The van der Waals surface area contributed by atoms with Crippen LogP contribution in [0, 0.1) is 3.57 Å². The lowest BCUT2D eigenvalue weighted by Crippen LogP contribution is -2.20. The molecule has 0 fully saturated rings. The molecule has 1 aromatic heterocycles. The van der Waals surface area contributed by atoms with Gasteiger partial charge in [0.1, 0.15) is 5.75 Å². The molecule has 104 valence electrons. The van der Waals surface area contributed by atoms with Crippen LogP contribution in [0.1, 0.15) is 0 Å². The highest BCUT2D eigenvalue weighted by Crippen LogP contribution is 2.15. The van der Waals surface area contributed by atoms with Crippen molar-refractivity contribution >= 4 is 45.9 Å². The lowest BCUT2D eigenvalue weighted by atomic mass is 10.3. The number of carbonyl (C=O) groups excluding carboxylic acids is 1. The van der Waals surface area contributed by atoms with Gasteiger partial charge in [-0.05, 0) is 65.2 Å². The van der Waals surface area contributed by atoms with Crippen molar-refractivity contribution in [1.29, 1.82) is 0 Å². The third-order valence-electron chi connectivity index (χ3n) is 2.41.